The Morgan fingerprint density at radius 2 is 1.86 bits per heavy atom. The molecule has 0 saturated carbocycles. The van der Waals surface area contributed by atoms with Crippen molar-refractivity contribution in [3.05, 3.63) is 77.2 Å². The van der Waals surface area contributed by atoms with Crippen LogP contribution in [0.2, 0.25) is 0 Å². The number of hydrogen-bond donors (Lipinski definition) is 2. The second kappa shape index (κ2) is 8.83. The number of amidine groups is 1. The maximum atomic E-state index is 12.1. The molecule has 8 nitrogen and oxygen atoms in total. The van der Waals surface area contributed by atoms with Crippen LogP contribution in [-0.2, 0) is 11.4 Å². The van der Waals surface area contributed by atoms with Gasteiger partial charge < -0.3 is 30.2 Å². The van der Waals surface area contributed by atoms with Crippen molar-refractivity contribution in [2.24, 2.45) is 10.9 Å². The molecule has 0 bridgehead atoms. The lowest BCUT2D eigenvalue weighted by Gasteiger charge is -2.07. The number of furan rings is 1. The van der Waals surface area contributed by atoms with Crippen LogP contribution in [0.15, 0.2) is 64.2 Å². The third-order valence-corrected chi connectivity index (χ3v) is 4.16. The number of ether oxygens (including phenoxy) is 2. The zero-order chi connectivity index (χ0) is 20.8. The number of nitrogen functional groups attached to an aromatic ring is 1. The normalized spacial score (nSPS) is 11.2. The van der Waals surface area contributed by atoms with Crippen LogP contribution in [0.4, 0.5) is 5.69 Å². The number of oxime groups is 1. The molecule has 4 N–H and O–H groups in total. The highest BCUT2D eigenvalue weighted by atomic mass is 16.7. The van der Waals surface area contributed by atoms with Crippen molar-refractivity contribution < 1.29 is 23.5 Å². The van der Waals surface area contributed by atoms with E-state index in [1.807, 2.05) is 12.1 Å². The zero-order valence-electron chi connectivity index (χ0n) is 16.0. The van der Waals surface area contributed by atoms with Gasteiger partial charge in [0.2, 0.25) is 5.76 Å². The van der Waals surface area contributed by atoms with Crippen molar-refractivity contribution in [1.29, 1.82) is 0 Å². The largest absolute Gasteiger partial charge is 0.497 e. The predicted molar refractivity (Wildman–Crippen MR) is 108 cm³/mol. The first-order valence-electron chi connectivity index (χ1n) is 8.73. The zero-order valence-corrected chi connectivity index (χ0v) is 16.0. The summed E-state index contributed by atoms with van der Waals surface area (Å²) < 4.78 is 16.2. The molecule has 3 aromatic rings. The molecule has 1 aromatic heterocycles. The number of hydrogen-bond acceptors (Lipinski definition) is 7. The van der Waals surface area contributed by atoms with Crippen molar-refractivity contribution in [3.8, 4) is 11.5 Å². The topological polar surface area (TPSA) is 122 Å². The lowest BCUT2D eigenvalue weighted by atomic mass is 10.1. The molecule has 1 heterocycles. The van der Waals surface area contributed by atoms with E-state index in [4.69, 9.17) is 30.2 Å². The van der Waals surface area contributed by atoms with E-state index >= 15 is 0 Å². The maximum absolute atomic E-state index is 12.1. The number of methoxy groups -OCH3 is 1. The Morgan fingerprint density at radius 3 is 2.66 bits per heavy atom. The molecule has 2 aromatic carbocycles. The van der Waals surface area contributed by atoms with Crippen LogP contribution >= 0.6 is 0 Å². The Kier molecular flexibility index (Phi) is 6.03. The Morgan fingerprint density at radius 1 is 1.10 bits per heavy atom. The Hall–Kier alpha value is -3.94. The summed E-state index contributed by atoms with van der Waals surface area (Å²) in [7, 11) is 1.58. The summed E-state index contributed by atoms with van der Waals surface area (Å²) >= 11 is 0. The van der Waals surface area contributed by atoms with Crippen LogP contribution in [-0.4, -0.2) is 18.9 Å². The smallest absolute Gasteiger partial charge is 0.400 e. The number of nitrogens with zero attached hydrogens (tertiary/aromatic N) is 1. The molecule has 8 heteroatoms. The van der Waals surface area contributed by atoms with Gasteiger partial charge >= 0.3 is 5.97 Å². The molecule has 0 radical (unpaired) electrons. The third-order valence-electron chi connectivity index (χ3n) is 4.16. The minimum atomic E-state index is -0.776. The highest BCUT2D eigenvalue weighted by molar-refractivity contribution is 6.00. The number of anilines is 1. The minimum absolute atomic E-state index is 0.0184. The van der Waals surface area contributed by atoms with Gasteiger partial charge in [0.1, 0.15) is 23.9 Å². The summed E-state index contributed by atoms with van der Waals surface area (Å²) in [5.74, 6) is 0.980. The van der Waals surface area contributed by atoms with Crippen molar-refractivity contribution in [3.63, 3.8) is 0 Å². The summed E-state index contributed by atoms with van der Waals surface area (Å²) in [4.78, 5) is 17.0. The lowest BCUT2D eigenvalue weighted by Crippen LogP contribution is -2.17. The summed E-state index contributed by atoms with van der Waals surface area (Å²) in [6.45, 7) is 1.93. The molecule has 0 amide bonds. The Labute approximate surface area is 167 Å². The number of nitrogens with two attached hydrogens (primary N) is 2. The number of carbonyl (C=O) groups is 1. The fourth-order valence-corrected chi connectivity index (χ4v) is 2.53. The first kappa shape index (κ1) is 19.8. The number of carbonyl (C=O) groups excluding carboxylic acids is 1. The molecular weight excluding hydrogens is 374 g/mol. The summed E-state index contributed by atoms with van der Waals surface area (Å²) in [5, 5.41) is 3.68. The van der Waals surface area contributed by atoms with Gasteiger partial charge in [0, 0.05) is 17.3 Å². The van der Waals surface area contributed by atoms with Gasteiger partial charge in [0.25, 0.3) is 0 Å². The molecule has 0 fully saturated rings. The minimum Gasteiger partial charge on any atom is -0.497 e. The molecule has 29 heavy (non-hydrogen) atoms. The fourth-order valence-electron chi connectivity index (χ4n) is 2.53. The molecule has 0 aliphatic rings. The quantitative estimate of drug-likeness (QED) is 0.207. The molecule has 0 atom stereocenters. The predicted octanol–water partition coefficient (Wildman–Crippen LogP) is 3.24. The van der Waals surface area contributed by atoms with E-state index in [0.29, 0.717) is 28.5 Å². The summed E-state index contributed by atoms with van der Waals surface area (Å²) in [5.41, 5.74) is 13.6. The van der Waals surface area contributed by atoms with Gasteiger partial charge in [-0.25, -0.2) is 4.79 Å². The van der Waals surface area contributed by atoms with Crippen LogP contribution in [0, 0.1) is 6.92 Å². The fraction of sp³-hybridized carbons (Fsp3) is 0.143. The Bertz CT molecular complexity index is 1040. The second-order valence-corrected chi connectivity index (χ2v) is 6.11. The molecule has 3 rings (SSSR count). The average Bonchev–Trinajstić information content (AvgIpc) is 3.21. The molecule has 0 spiro atoms. The second-order valence-electron chi connectivity index (χ2n) is 6.11. The van der Waals surface area contributed by atoms with E-state index in [0.717, 1.165) is 5.56 Å². The van der Waals surface area contributed by atoms with Gasteiger partial charge in [-0.15, -0.1) is 0 Å². The van der Waals surface area contributed by atoms with Crippen LogP contribution in [0.25, 0.3) is 0 Å². The molecular formula is C21H21N3O5. The lowest BCUT2D eigenvalue weighted by molar-refractivity contribution is 0.0475. The molecule has 150 valence electrons. The van der Waals surface area contributed by atoms with Crippen molar-refractivity contribution in [2.75, 3.05) is 12.8 Å². The van der Waals surface area contributed by atoms with Crippen LogP contribution in [0.5, 0.6) is 11.5 Å². The average molecular weight is 395 g/mol. The van der Waals surface area contributed by atoms with Crippen molar-refractivity contribution in [2.45, 2.75) is 13.5 Å². The van der Waals surface area contributed by atoms with Crippen LogP contribution in [0.1, 0.15) is 27.4 Å². The van der Waals surface area contributed by atoms with Gasteiger partial charge in [-0.05, 0) is 42.8 Å². The standard InChI is InChI=1S/C21H21N3O5/c1-13-17(7-4-8-18(13)22)20(23)24-29-21(25)19-10-9-16(28-19)12-27-15-6-3-5-14(11-15)26-2/h3-11H,12,22H2,1-2H3,(H2,23,24). The van der Waals surface area contributed by atoms with Crippen molar-refractivity contribution >= 4 is 17.5 Å². The van der Waals surface area contributed by atoms with E-state index in [2.05, 4.69) is 5.16 Å². The third kappa shape index (κ3) is 4.86. The first-order valence-corrected chi connectivity index (χ1v) is 8.73. The Balaban J connectivity index is 1.61. The number of benzene rings is 2. The van der Waals surface area contributed by atoms with Gasteiger partial charge in [-0.2, -0.15) is 0 Å². The van der Waals surface area contributed by atoms with Crippen LogP contribution in [0.3, 0.4) is 0 Å². The van der Waals surface area contributed by atoms with Gasteiger partial charge in [0.15, 0.2) is 5.84 Å². The highest BCUT2D eigenvalue weighted by Gasteiger charge is 2.15. The monoisotopic (exact) mass is 395 g/mol. The molecule has 0 saturated heterocycles. The van der Waals surface area contributed by atoms with E-state index in [-0.39, 0.29) is 18.2 Å². The van der Waals surface area contributed by atoms with Crippen LogP contribution < -0.4 is 20.9 Å². The van der Waals surface area contributed by atoms with Crippen molar-refractivity contribution in [1.82, 2.24) is 0 Å². The van der Waals surface area contributed by atoms with E-state index in [9.17, 15) is 4.79 Å². The highest BCUT2D eigenvalue weighted by Crippen LogP contribution is 2.21. The first-order chi connectivity index (χ1) is 14.0. The molecule has 0 unspecified atom stereocenters. The molecule has 0 aliphatic carbocycles. The van der Waals surface area contributed by atoms with Gasteiger partial charge in [-0.3, -0.25) is 0 Å². The van der Waals surface area contributed by atoms with E-state index in [1.165, 1.54) is 6.07 Å². The van der Waals surface area contributed by atoms with Gasteiger partial charge in [-0.1, -0.05) is 23.4 Å². The number of rotatable bonds is 7. The molecule has 0 aliphatic heterocycles. The van der Waals surface area contributed by atoms with E-state index in [1.54, 1.807) is 50.4 Å². The van der Waals surface area contributed by atoms with Gasteiger partial charge in [0.05, 0.1) is 7.11 Å². The SMILES string of the molecule is COc1cccc(OCc2ccc(C(=O)O/N=C(\N)c3cccc(N)c3C)o2)c1. The van der Waals surface area contributed by atoms with E-state index < -0.39 is 5.97 Å². The maximum Gasteiger partial charge on any atom is 0.400 e. The summed E-state index contributed by atoms with van der Waals surface area (Å²) in [6.07, 6.45) is 0. The summed E-state index contributed by atoms with van der Waals surface area (Å²) in [6, 6.07) is 15.5.